The summed E-state index contributed by atoms with van der Waals surface area (Å²) in [4.78, 5) is 0. The van der Waals surface area contributed by atoms with Crippen LogP contribution in [0, 0.1) is 5.41 Å². The maximum absolute atomic E-state index is 9.04. The van der Waals surface area contributed by atoms with Crippen LogP contribution >= 0.6 is 0 Å². The second-order valence-electron chi connectivity index (χ2n) is 7.45. The van der Waals surface area contributed by atoms with Crippen LogP contribution in [0.15, 0.2) is 0 Å². The minimum atomic E-state index is -0.211. The van der Waals surface area contributed by atoms with Gasteiger partial charge in [0.1, 0.15) is 0 Å². The highest BCUT2D eigenvalue weighted by atomic mass is 16.7. The summed E-state index contributed by atoms with van der Waals surface area (Å²) in [7, 11) is -0.0342. The fourth-order valence-corrected chi connectivity index (χ4v) is 3.93. The molecule has 4 fully saturated rings. The van der Waals surface area contributed by atoms with E-state index in [2.05, 4.69) is 27.7 Å². The highest BCUT2D eigenvalue weighted by molar-refractivity contribution is 6.51. The first kappa shape index (κ1) is 12.0. The van der Waals surface area contributed by atoms with Gasteiger partial charge in [-0.15, -0.1) is 0 Å². The van der Waals surface area contributed by atoms with Crippen molar-refractivity contribution < 1.29 is 14.4 Å². The summed E-state index contributed by atoms with van der Waals surface area (Å²) >= 11 is 0. The summed E-state index contributed by atoms with van der Waals surface area (Å²) in [5.74, 6) is 0. The zero-order valence-corrected chi connectivity index (χ0v) is 11.4. The summed E-state index contributed by atoms with van der Waals surface area (Å²) < 4.78 is 12.3. The van der Waals surface area contributed by atoms with E-state index in [0.29, 0.717) is 12.0 Å². The van der Waals surface area contributed by atoms with Crippen LogP contribution in [0.2, 0.25) is 5.31 Å². The van der Waals surface area contributed by atoms with Gasteiger partial charge in [0.2, 0.25) is 0 Å². The molecule has 0 aromatic rings. The van der Waals surface area contributed by atoms with Crippen LogP contribution in [-0.4, -0.2) is 30.0 Å². The Morgan fingerprint density at radius 2 is 1.47 bits per heavy atom. The lowest BCUT2D eigenvalue weighted by Crippen LogP contribution is -2.64. The van der Waals surface area contributed by atoms with Gasteiger partial charge in [-0.3, -0.25) is 0 Å². The summed E-state index contributed by atoms with van der Waals surface area (Å²) in [5, 5.41) is 9.31. The summed E-state index contributed by atoms with van der Waals surface area (Å²) in [6, 6.07) is 0. The lowest BCUT2D eigenvalue weighted by molar-refractivity contribution is -0.122. The van der Waals surface area contributed by atoms with Crippen LogP contribution in [0.5, 0.6) is 0 Å². The van der Waals surface area contributed by atoms with Crippen LogP contribution in [0.1, 0.15) is 53.4 Å². The van der Waals surface area contributed by atoms with Crippen molar-refractivity contribution in [3.05, 3.63) is 0 Å². The van der Waals surface area contributed by atoms with E-state index in [-0.39, 0.29) is 23.6 Å². The molecule has 17 heavy (non-hydrogen) atoms. The van der Waals surface area contributed by atoms with Gasteiger partial charge in [0.25, 0.3) is 0 Å². The Kier molecular flexibility index (Phi) is 2.18. The van der Waals surface area contributed by atoms with Gasteiger partial charge in [0.15, 0.2) is 0 Å². The molecule has 0 atom stereocenters. The third kappa shape index (κ3) is 1.41. The smallest absolute Gasteiger partial charge is 0.403 e. The normalized spacial score (nSPS) is 45.4. The average molecular weight is 238 g/mol. The molecule has 0 aromatic carbocycles. The first-order valence-electron chi connectivity index (χ1n) is 6.71. The molecule has 4 heteroatoms. The SMILES string of the molecule is CC1(C)OB(C23CC(CCO)(C2)C3)OC1(C)C. The van der Waals surface area contributed by atoms with Gasteiger partial charge >= 0.3 is 7.12 Å². The number of rotatable bonds is 3. The Balaban J connectivity index is 1.67. The number of hydrogen-bond donors (Lipinski definition) is 1. The van der Waals surface area contributed by atoms with Crippen molar-refractivity contribution in [2.75, 3.05) is 6.61 Å². The fourth-order valence-electron chi connectivity index (χ4n) is 3.93. The van der Waals surface area contributed by atoms with Crippen molar-refractivity contribution >= 4 is 7.12 Å². The van der Waals surface area contributed by atoms with Crippen molar-refractivity contribution in [1.82, 2.24) is 0 Å². The van der Waals surface area contributed by atoms with E-state index in [1.54, 1.807) is 0 Å². The van der Waals surface area contributed by atoms with Crippen LogP contribution in [0.4, 0.5) is 0 Å². The molecule has 0 amide bonds. The Hall–Kier alpha value is -0.0551. The monoisotopic (exact) mass is 238 g/mol. The molecule has 3 saturated carbocycles. The molecule has 1 saturated heterocycles. The van der Waals surface area contributed by atoms with Crippen molar-refractivity contribution in [2.24, 2.45) is 5.41 Å². The Morgan fingerprint density at radius 3 is 1.88 bits per heavy atom. The van der Waals surface area contributed by atoms with Crippen molar-refractivity contribution in [3.63, 3.8) is 0 Å². The second kappa shape index (κ2) is 3.09. The molecule has 3 aliphatic carbocycles. The highest BCUT2D eigenvalue weighted by Crippen LogP contribution is 2.81. The number of hydrogen-bond acceptors (Lipinski definition) is 3. The first-order chi connectivity index (χ1) is 7.74. The minimum Gasteiger partial charge on any atom is -0.403 e. The van der Waals surface area contributed by atoms with Crippen LogP contribution in [0.25, 0.3) is 0 Å². The molecule has 0 radical (unpaired) electrons. The van der Waals surface area contributed by atoms with Gasteiger partial charge in [-0.25, -0.2) is 0 Å². The molecule has 1 aliphatic heterocycles. The average Bonchev–Trinajstić information content (AvgIpc) is 2.26. The maximum Gasteiger partial charge on any atom is 0.464 e. The molecule has 96 valence electrons. The van der Waals surface area contributed by atoms with Crippen molar-refractivity contribution in [2.45, 2.75) is 69.9 Å². The van der Waals surface area contributed by atoms with E-state index in [4.69, 9.17) is 14.4 Å². The molecule has 4 aliphatic rings. The number of aliphatic hydroxyl groups is 1. The molecule has 1 N–H and O–H groups in total. The summed E-state index contributed by atoms with van der Waals surface area (Å²) in [6.07, 6.45) is 4.49. The predicted molar refractivity (Wildman–Crippen MR) is 66.8 cm³/mol. The van der Waals surface area contributed by atoms with Gasteiger partial charge in [-0.2, -0.15) is 0 Å². The zero-order valence-electron chi connectivity index (χ0n) is 11.4. The molecule has 3 nitrogen and oxygen atoms in total. The third-order valence-corrected chi connectivity index (χ3v) is 5.58. The van der Waals surface area contributed by atoms with E-state index in [9.17, 15) is 0 Å². The number of aliphatic hydroxyl groups excluding tert-OH is 1. The first-order valence-corrected chi connectivity index (χ1v) is 6.71. The van der Waals surface area contributed by atoms with Crippen molar-refractivity contribution in [1.29, 1.82) is 0 Å². The molecule has 4 rings (SSSR count). The van der Waals surface area contributed by atoms with E-state index in [0.717, 1.165) is 6.42 Å². The predicted octanol–water partition coefficient (Wildman–Crippen LogP) is 2.39. The Bertz CT molecular complexity index is 315. The Morgan fingerprint density at radius 1 is 1.00 bits per heavy atom. The largest absolute Gasteiger partial charge is 0.464 e. The molecule has 0 spiro atoms. The van der Waals surface area contributed by atoms with E-state index in [1.165, 1.54) is 19.3 Å². The quantitative estimate of drug-likeness (QED) is 0.767. The van der Waals surface area contributed by atoms with Crippen LogP contribution in [-0.2, 0) is 9.31 Å². The van der Waals surface area contributed by atoms with E-state index in [1.807, 2.05) is 0 Å². The van der Waals surface area contributed by atoms with E-state index >= 15 is 0 Å². The van der Waals surface area contributed by atoms with Gasteiger partial charge in [0, 0.05) is 11.9 Å². The fraction of sp³-hybridized carbons (Fsp3) is 1.00. The summed E-state index contributed by atoms with van der Waals surface area (Å²) in [6.45, 7) is 8.77. The highest BCUT2D eigenvalue weighted by Gasteiger charge is 2.75. The standard InChI is InChI=1S/C13H23BO3/c1-10(2)11(3,4)17-14(16-10)13-7-12(8-13,9-13)5-6-15/h15H,5-9H2,1-4H3. The van der Waals surface area contributed by atoms with Crippen LogP contribution < -0.4 is 0 Å². The van der Waals surface area contributed by atoms with Gasteiger partial charge in [0.05, 0.1) is 11.2 Å². The molecule has 2 bridgehead atoms. The second-order valence-corrected chi connectivity index (χ2v) is 7.45. The Labute approximate surface area is 104 Å². The lowest BCUT2D eigenvalue weighted by atomic mass is 9.23. The zero-order chi connectivity index (χ0) is 12.5. The molecule has 0 unspecified atom stereocenters. The van der Waals surface area contributed by atoms with Gasteiger partial charge in [-0.1, -0.05) is 0 Å². The molecular formula is C13H23BO3. The van der Waals surface area contributed by atoms with Crippen molar-refractivity contribution in [3.8, 4) is 0 Å². The lowest BCUT2D eigenvalue weighted by Gasteiger charge is -2.71. The molecule has 0 aromatic heterocycles. The minimum absolute atomic E-state index is 0.0342. The van der Waals surface area contributed by atoms with Gasteiger partial charge < -0.3 is 14.4 Å². The third-order valence-electron chi connectivity index (χ3n) is 5.58. The maximum atomic E-state index is 9.04. The van der Waals surface area contributed by atoms with Gasteiger partial charge in [-0.05, 0) is 58.8 Å². The molecule has 1 heterocycles. The van der Waals surface area contributed by atoms with Crippen LogP contribution in [0.3, 0.4) is 0 Å². The summed E-state index contributed by atoms with van der Waals surface area (Å²) in [5.41, 5.74) is 0.00676. The topological polar surface area (TPSA) is 38.7 Å². The molecular weight excluding hydrogens is 215 g/mol. The van der Waals surface area contributed by atoms with E-state index < -0.39 is 0 Å².